The zero-order chi connectivity index (χ0) is 16.7. The molecule has 124 valence electrons. The smallest absolute Gasteiger partial charge is 0.221 e. The predicted molar refractivity (Wildman–Crippen MR) is 93.0 cm³/mol. The van der Waals surface area contributed by atoms with Gasteiger partial charge in [0.05, 0.1) is 11.9 Å². The van der Waals surface area contributed by atoms with Crippen LogP contribution in [0, 0.1) is 5.13 Å². The van der Waals surface area contributed by atoms with Crippen molar-refractivity contribution in [3.8, 4) is 0 Å². The molecule has 0 spiro atoms. The van der Waals surface area contributed by atoms with Gasteiger partial charge in [0, 0.05) is 17.6 Å². The van der Waals surface area contributed by atoms with Crippen molar-refractivity contribution in [3.05, 3.63) is 40.1 Å². The van der Waals surface area contributed by atoms with Gasteiger partial charge in [-0.25, -0.2) is 10.8 Å². The Hall–Kier alpha value is -1.64. The van der Waals surface area contributed by atoms with Gasteiger partial charge in [-0.15, -0.1) is 11.8 Å². The van der Waals surface area contributed by atoms with Gasteiger partial charge in [-0.1, -0.05) is 23.5 Å². The second kappa shape index (κ2) is 8.85. The first-order valence-electron chi connectivity index (χ1n) is 7.13. The summed E-state index contributed by atoms with van der Waals surface area (Å²) in [5, 5.41) is 3.88. The molecule has 3 rings (SSSR count). The fourth-order valence-electron chi connectivity index (χ4n) is 2.12. The van der Waals surface area contributed by atoms with E-state index in [2.05, 4.69) is 34.3 Å². The number of benzene rings is 1. The van der Waals surface area contributed by atoms with E-state index in [1.807, 2.05) is 7.05 Å². The van der Waals surface area contributed by atoms with E-state index in [1.54, 1.807) is 17.2 Å². The zero-order valence-corrected chi connectivity index (χ0v) is 14.3. The normalized spacial score (nSPS) is 13.0. The number of hydrazine groups is 1. The standard InChI is InChI=1S/C14H15FN2S2.CH4N2O/c1-16-11-4-2-3-10(9-5-6-9)14(11)18-8-13-17-7-12(15)19-13;2-3-1-4/h2-4,7,9,16H,5-6,8H2,1H3;1H,2H2,(H,3,4). The van der Waals surface area contributed by atoms with Crippen LogP contribution in [0.25, 0.3) is 0 Å². The molecular formula is C15H19FN4OS2. The molecule has 1 aromatic carbocycles. The average Bonchev–Trinajstić information content (AvgIpc) is 3.35. The van der Waals surface area contributed by atoms with Crippen LogP contribution in [0.3, 0.4) is 0 Å². The number of amides is 1. The molecule has 1 amide bonds. The van der Waals surface area contributed by atoms with Crippen LogP contribution in [0.1, 0.15) is 29.3 Å². The Morgan fingerprint density at radius 1 is 1.52 bits per heavy atom. The molecule has 1 aliphatic rings. The van der Waals surface area contributed by atoms with Crippen molar-refractivity contribution in [1.29, 1.82) is 0 Å². The number of nitrogens with one attached hydrogen (secondary N) is 2. The topological polar surface area (TPSA) is 80.0 Å². The van der Waals surface area contributed by atoms with Crippen LogP contribution in [0.15, 0.2) is 29.3 Å². The highest BCUT2D eigenvalue weighted by atomic mass is 32.2. The molecule has 1 saturated carbocycles. The highest BCUT2D eigenvalue weighted by molar-refractivity contribution is 7.98. The molecule has 0 atom stereocenters. The first kappa shape index (κ1) is 17.7. The van der Waals surface area contributed by atoms with Crippen molar-refractivity contribution in [2.75, 3.05) is 12.4 Å². The second-order valence-corrected chi connectivity index (χ2v) is 6.93. The number of anilines is 1. The van der Waals surface area contributed by atoms with Crippen molar-refractivity contribution in [1.82, 2.24) is 10.4 Å². The maximum Gasteiger partial charge on any atom is 0.221 e. The van der Waals surface area contributed by atoms with Gasteiger partial charge in [0.25, 0.3) is 0 Å². The van der Waals surface area contributed by atoms with Crippen LogP contribution in [-0.4, -0.2) is 18.4 Å². The van der Waals surface area contributed by atoms with Crippen molar-refractivity contribution in [3.63, 3.8) is 0 Å². The van der Waals surface area contributed by atoms with E-state index in [0.717, 1.165) is 27.8 Å². The highest BCUT2D eigenvalue weighted by Crippen LogP contribution is 2.47. The van der Waals surface area contributed by atoms with Gasteiger partial charge >= 0.3 is 0 Å². The van der Waals surface area contributed by atoms with E-state index in [4.69, 9.17) is 4.79 Å². The Bertz CT molecular complexity index is 646. The number of hydrogen-bond acceptors (Lipinski definition) is 6. The van der Waals surface area contributed by atoms with Gasteiger partial charge in [-0.3, -0.25) is 10.2 Å². The van der Waals surface area contributed by atoms with E-state index in [0.29, 0.717) is 12.3 Å². The van der Waals surface area contributed by atoms with E-state index >= 15 is 0 Å². The molecule has 0 unspecified atom stereocenters. The SMILES string of the molecule is CNc1cccc(C2CC2)c1SCc1ncc(F)s1.NNC=O. The van der Waals surface area contributed by atoms with Crippen LogP contribution < -0.4 is 16.6 Å². The Labute approximate surface area is 142 Å². The molecule has 0 aliphatic heterocycles. The number of carbonyl (C=O) groups excluding carboxylic acids is 1. The summed E-state index contributed by atoms with van der Waals surface area (Å²) in [7, 11) is 1.94. The molecule has 1 aliphatic carbocycles. The number of rotatable bonds is 6. The fourth-order valence-corrected chi connectivity index (χ4v) is 4.04. The average molecular weight is 354 g/mol. The lowest BCUT2D eigenvalue weighted by Crippen LogP contribution is -2.18. The minimum atomic E-state index is -0.208. The maximum absolute atomic E-state index is 13.0. The fraction of sp³-hybridized carbons (Fsp3) is 0.333. The number of hydrogen-bond donors (Lipinski definition) is 3. The minimum absolute atomic E-state index is 0.208. The molecule has 0 bridgehead atoms. The first-order valence-corrected chi connectivity index (χ1v) is 8.93. The van der Waals surface area contributed by atoms with Gasteiger partial charge < -0.3 is 5.32 Å². The third-order valence-electron chi connectivity index (χ3n) is 3.27. The van der Waals surface area contributed by atoms with Crippen molar-refractivity contribution in [2.24, 2.45) is 5.84 Å². The number of carbonyl (C=O) groups is 1. The van der Waals surface area contributed by atoms with Crippen molar-refractivity contribution >= 4 is 35.2 Å². The first-order chi connectivity index (χ1) is 11.2. The lowest BCUT2D eigenvalue weighted by Gasteiger charge is -2.13. The van der Waals surface area contributed by atoms with Crippen LogP contribution >= 0.6 is 23.1 Å². The highest BCUT2D eigenvalue weighted by Gasteiger charge is 2.27. The summed E-state index contributed by atoms with van der Waals surface area (Å²) >= 11 is 2.88. The maximum atomic E-state index is 13.0. The van der Waals surface area contributed by atoms with Gasteiger partial charge in [-0.05, 0) is 30.4 Å². The predicted octanol–water partition coefficient (Wildman–Crippen LogP) is 3.10. The number of nitrogens with zero attached hydrogens (tertiary/aromatic N) is 1. The molecule has 1 heterocycles. The monoisotopic (exact) mass is 354 g/mol. The third kappa shape index (κ3) is 5.19. The summed E-state index contributed by atoms with van der Waals surface area (Å²) in [5.74, 6) is 5.85. The molecule has 8 heteroatoms. The van der Waals surface area contributed by atoms with E-state index in [9.17, 15) is 4.39 Å². The summed E-state index contributed by atoms with van der Waals surface area (Å²) in [6.07, 6.45) is 4.27. The number of halogens is 1. The lowest BCUT2D eigenvalue weighted by molar-refractivity contribution is -0.109. The Morgan fingerprint density at radius 2 is 2.26 bits per heavy atom. The van der Waals surface area contributed by atoms with Crippen LogP contribution in [-0.2, 0) is 10.5 Å². The summed E-state index contributed by atoms with van der Waals surface area (Å²) in [6.45, 7) is 0. The third-order valence-corrected chi connectivity index (χ3v) is 5.40. The van der Waals surface area contributed by atoms with Gasteiger partial charge in [-0.2, -0.15) is 4.39 Å². The van der Waals surface area contributed by atoms with Crippen LogP contribution in [0.5, 0.6) is 0 Å². The molecule has 1 aromatic heterocycles. The second-order valence-electron chi connectivity index (χ2n) is 4.88. The summed E-state index contributed by atoms with van der Waals surface area (Å²) < 4.78 is 13.0. The molecular weight excluding hydrogens is 335 g/mol. The number of aromatic nitrogens is 1. The molecule has 4 N–H and O–H groups in total. The quantitative estimate of drug-likeness (QED) is 0.244. The molecule has 5 nitrogen and oxygen atoms in total. The number of thiazole rings is 1. The number of thioether (sulfide) groups is 1. The van der Waals surface area contributed by atoms with E-state index in [1.165, 1.54) is 29.5 Å². The van der Waals surface area contributed by atoms with Gasteiger partial charge in [0.1, 0.15) is 5.01 Å². The molecule has 23 heavy (non-hydrogen) atoms. The summed E-state index contributed by atoms with van der Waals surface area (Å²) in [5.41, 5.74) is 4.33. The van der Waals surface area contributed by atoms with Crippen LogP contribution in [0.4, 0.5) is 10.1 Å². The molecule has 2 aromatic rings. The minimum Gasteiger partial charge on any atom is -0.387 e. The summed E-state index contributed by atoms with van der Waals surface area (Å²) in [4.78, 5) is 14.3. The largest absolute Gasteiger partial charge is 0.387 e. The van der Waals surface area contributed by atoms with Gasteiger partial charge in [0.15, 0.2) is 5.13 Å². The van der Waals surface area contributed by atoms with Crippen molar-refractivity contribution in [2.45, 2.75) is 29.4 Å². The molecule has 0 saturated heterocycles. The van der Waals surface area contributed by atoms with Gasteiger partial charge in [0.2, 0.25) is 6.41 Å². The van der Waals surface area contributed by atoms with E-state index in [-0.39, 0.29) is 5.13 Å². The van der Waals surface area contributed by atoms with E-state index < -0.39 is 0 Å². The van der Waals surface area contributed by atoms with Crippen molar-refractivity contribution < 1.29 is 9.18 Å². The van der Waals surface area contributed by atoms with Crippen LogP contribution in [0.2, 0.25) is 0 Å². The lowest BCUT2D eigenvalue weighted by atomic mass is 10.1. The Morgan fingerprint density at radius 3 is 2.78 bits per heavy atom. The number of nitrogens with two attached hydrogens (primary N) is 1. The Balaban J connectivity index is 0.000000433. The zero-order valence-electron chi connectivity index (χ0n) is 12.7. The molecule has 0 radical (unpaired) electrons. The Kier molecular flexibility index (Phi) is 6.82. The molecule has 1 fully saturated rings. The summed E-state index contributed by atoms with van der Waals surface area (Å²) in [6, 6.07) is 6.41.